The number of aliphatic hydroxyl groups is 1. The summed E-state index contributed by atoms with van der Waals surface area (Å²) in [7, 11) is 0. The number of hydrogen-bond donors (Lipinski definition) is 3. The Morgan fingerprint density at radius 2 is 1.73 bits per heavy atom. The molecule has 1 aliphatic carbocycles. The van der Waals surface area contributed by atoms with Gasteiger partial charge >= 0.3 is 6.18 Å². The zero-order valence-electron chi connectivity index (χ0n) is 18.8. The fourth-order valence-corrected chi connectivity index (χ4v) is 4.93. The summed E-state index contributed by atoms with van der Waals surface area (Å²) in [6.45, 7) is 6.82. The molecule has 7 nitrogen and oxygen atoms in total. The molecule has 0 radical (unpaired) electrons. The van der Waals surface area contributed by atoms with Crippen LogP contribution in [0.5, 0.6) is 0 Å². The van der Waals surface area contributed by atoms with Gasteiger partial charge in [-0.25, -0.2) is 0 Å². The highest BCUT2D eigenvalue weighted by atomic mass is 19.4. The van der Waals surface area contributed by atoms with Gasteiger partial charge in [-0.15, -0.1) is 0 Å². The summed E-state index contributed by atoms with van der Waals surface area (Å²) < 4.78 is 39.9. The highest BCUT2D eigenvalue weighted by Gasteiger charge is 2.40. The first-order valence-corrected chi connectivity index (χ1v) is 11.2. The molecule has 1 amide bonds. The standard InChI is InChI=1S/C23H30F3N5O2/c1-22(2)12-30(13-22)16-7-9-17(10-8-16)31-11-18(20(27)33)21(29-31)28-15-5-3-14(4-6-15)19(32)23(24,25)26/h3-6,11,16-17,19,32H,7-10,12-13H2,1-2H3,(H2,27,33)(H,28,29). The number of aromatic nitrogens is 2. The summed E-state index contributed by atoms with van der Waals surface area (Å²) in [6.07, 6.45) is -1.61. The smallest absolute Gasteiger partial charge is 0.379 e. The van der Waals surface area contributed by atoms with E-state index in [2.05, 4.69) is 29.2 Å². The van der Waals surface area contributed by atoms with Gasteiger partial charge in [-0.2, -0.15) is 18.3 Å². The van der Waals surface area contributed by atoms with Crippen LogP contribution >= 0.6 is 0 Å². The number of nitrogens with one attached hydrogen (secondary N) is 1. The van der Waals surface area contributed by atoms with Crippen molar-refractivity contribution in [3.05, 3.63) is 41.6 Å². The third-order valence-corrected chi connectivity index (χ3v) is 6.62. The number of amides is 1. The number of benzene rings is 1. The van der Waals surface area contributed by atoms with Crippen LogP contribution in [0.15, 0.2) is 30.5 Å². The molecule has 4 N–H and O–H groups in total. The third kappa shape index (κ3) is 5.16. The molecule has 1 aliphatic heterocycles. The van der Waals surface area contributed by atoms with Crippen LogP contribution < -0.4 is 11.1 Å². The highest BCUT2D eigenvalue weighted by Crippen LogP contribution is 2.38. The molecular weight excluding hydrogens is 435 g/mol. The molecule has 180 valence electrons. The summed E-state index contributed by atoms with van der Waals surface area (Å²) >= 11 is 0. The minimum Gasteiger partial charge on any atom is -0.379 e. The molecule has 1 saturated carbocycles. The maximum Gasteiger partial charge on any atom is 0.418 e. The largest absolute Gasteiger partial charge is 0.418 e. The monoisotopic (exact) mass is 465 g/mol. The number of rotatable bonds is 6. The maximum atomic E-state index is 12.7. The van der Waals surface area contributed by atoms with E-state index in [1.165, 1.54) is 24.3 Å². The summed E-state index contributed by atoms with van der Waals surface area (Å²) in [4.78, 5) is 14.5. The molecule has 10 heteroatoms. The molecule has 2 aliphatic rings. The average molecular weight is 466 g/mol. The summed E-state index contributed by atoms with van der Waals surface area (Å²) in [6, 6.07) is 5.90. The van der Waals surface area contributed by atoms with Crippen molar-refractivity contribution in [1.82, 2.24) is 14.7 Å². The van der Waals surface area contributed by atoms with Crippen LogP contribution in [0.1, 0.15) is 67.6 Å². The first-order chi connectivity index (χ1) is 15.4. The fourth-order valence-electron chi connectivity index (χ4n) is 4.93. The van der Waals surface area contributed by atoms with Gasteiger partial charge in [0.2, 0.25) is 0 Å². The van der Waals surface area contributed by atoms with Crippen molar-refractivity contribution in [2.75, 3.05) is 18.4 Å². The quantitative estimate of drug-likeness (QED) is 0.596. The molecule has 1 unspecified atom stereocenters. The minimum absolute atomic E-state index is 0.161. The zero-order valence-corrected chi connectivity index (χ0v) is 18.8. The number of anilines is 2. The molecule has 2 aromatic rings. The van der Waals surface area contributed by atoms with Gasteiger partial charge in [-0.1, -0.05) is 26.0 Å². The number of likely N-dealkylation sites (tertiary alicyclic amines) is 1. The number of alkyl halides is 3. The number of nitrogens with zero attached hydrogens (tertiary/aromatic N) is 3. The second-order valence-electron chi connectivity index (χ2n) is 9.96. The Kier molecular flexibility index (Phi) is 6.17. The Morgan fingerprint density at radius 3 is 2.24 bits per heavy atom. The Bertz CT molecular complexity index is 987. The van der Waals surface area contributed by atoms with Gasteiger partial charge in [-0.3, -0.25) is 14.4 Å². The van der Waals surface area contributed by atoms with E-state index in [0.29, 0.717) is 17.1 Å². The van der Waals surface area contributed by atoms with Crippen molar-refractivity contribution in [1.29, 1.82) is 0 Å². The Labute approximate surface area is 190 Å². The van der Waals surface area contributed by atoms with Crippen molar-refractivity contribution < 1.29 is 23.1 Å². The first kappa shape index (κ1) is 23.6. The van der Waals surface area contributed by atoms with Crippen LogP contribution in [-0.2, 0) is 0 Å². The summed E-state index contributed by atoms with van der Waals surface area (Å²) in [5.74, 6) is -0.373. The fraction of sp³-hybridized carbons (Fsp3) is 0.565. The van der Waals surface area contributed by atoms with E-state index in [0.717, 1.165) is 38.8 Å². The minimum atomic E-state index is -4.74. The lowest BCUT2D eigenvalue weighted by atomic mass is 9.80. The molecule has 2 heterocycles. The molecule has 0 bridgehead atoms. The topological polar surface area (TPSA) is 96.4 Å². The summed E-state index contributed by atoms with van der Waals surface area (Å²) in [5.41, 5.74) is 6.33. The molecule has 1 aromatic carbocycles. The van der Waals surface area contributed by atoms with E-state index in [9.17, 15) is 23.1 Å². The second kappa shape index (κ2) is 8.64. The Hall–Kier alpha value is -2.59. The Morgan fingerprint density at radius 1 is 1.15 bits per heavy atom. The van der Waals surface area contributed by atoms with Crippen molar-refractivity contribution in [3.63, 3.8) is 0 Å². The number of nitrogens with two attached hydrogens (primary N) is 1. The van der Waals surface area contributed by atoms with Gasteiger partial charge < -0.3 is 16.2 Å². The first-order valence-electron chi connectivity index (χ1n) is 11.2. The van der Waals surface area contributed by atoms with E-state index in [4.69, 9.17) is 5.73 Å². The Balaban J connectivity index is 1.43. The molecule has 0 spiro atoms. The number of carbonyl (C=O) groups is 1. The van der Waals surface area contributed by atoms with Crippen LogP contribution in [0, 0.1) is 5.41 Å². The zero-order chi connectivity index (χ0) is 24.0. The van der Waals surface area contributed by atoms with Crippen molar-refractivity contribution in [2.24, 2.45) is 11.1 Å². The van der Waals surface area contributed by atoms with Gasteiger partial charge in [0, 0.05) is 31.0 Å². The lowest BCUT2D eigenvalue weighted by Gasteiger charge is -2.51. The van der Waals surface area contributed by atoms with Crippen molar-refractivity contribution in [2.45, 2.75) is 63.9 Å². The van der Waals surface area contributed by atoms with Crippen molar-refractivity contribution in [3.8, 4) is 0 Å². The lowest BCUT2D eigenvalue weighted by Crippen LogP contribution is -2.57. The third-order valence-electron chi connectivity index (χ3n) is 6.62. The van der Waals surface area contributed by atoms with Gasteiger partial charge in [0.1, 0.15) is 5.56 Å². The lowest BCUT2D eigenvalue weighted by molar-refractivity contribution is -0.206. The van der Waals surface area contributed by atoms with E-state index in [-0.39, 0.29) is 23.0 Å². The van der Waals surface area contributed by atoms with E-state index < -0.39 is 18.2 Å². The van der Waals surface area contributed by atoms with Gasteiger partial charge in [0.15, 0.2) is 11.9 Å². The van der Waals surface area contributed by atoms with E-state index in [1.807, 2.05) is 0 Å². The number of hydrogen-bond acceptors (Lipinski definition) is 5. The average Bonchev–Trinajstić information content (AvgIpc) is 3.15. The second-order valence-corrected chi connectivity index (χ2v) is 9.96. The number of halogens is 3. The predicted molar refractivity (Wildman–Crippen MR) is 118 cm³/mol. The maximum absolute atomic E-state index is 12.7. The van der Waals surface area contributed by atoms with E-state index >= 15 is 0 Å². The summed E-state index contributed by atoms with van der Waals surface area (Å²) in [5, 5.41) is 16.9. The highest BCUT2D eigenvalue weighted by molar-refractivity contribution is 5.98. The molecule has 1 atom stereocenters. The molecule has 2 fully saturated rings. The number of carbonyl (C=O) groups excluding carboxylic acids is 1. The van der Waals surface area contributed by atoms with Crippen LogP contribution in [0.25, 0.3) is 0 Å². The SMILES string of the molecule is CC1(C)CN(C2CCC(n3cc(C(N)=O)c(Nc4ccc(C(O)C(F)(F)F)cc4)n3)CC2)C1. The molecule has 1 saturated heterocycles. The molecule has 33 heavy (non-hydrogen) atoms. The predicted octanol–water partition coefficient (Wildman–Crippen LogP) is 4.15. The van der Waals surface area contributed by atoms with Gasteiger partial charge in [0.25, 0.3) is 5.91 Å². The van der Waals surface area contributed by atoms with Crippen LogP contribution in [0.2, 0.25) is 0 Å². The van der Waals surface area contributed by atoms with Gasteiger partial charge in [0.05, 0.1) is 6.04 Å². The molecule has 1 aromatic heterocycles. The molecule has 4 rings (SSSR count). The molecular formula is C23H30F3N5O2. The number of aliphatic hydroxyl groups excluding tert-OH is 1. The van der Waals surface area contributed by atoms with Crippen LogP contribution in [0.3, 0.4) is 0 Å². The van der Waals surface area contributed by atoms with Crippen LogP contribution in [-0.4, -0.2) is 51.0 Å². The van der Waals surface area contributed by atoms with E-state index in [1.54, 1.807) is 10.9 Å². The van der Waals surface area contributed by atoms with Gasteiger partial charge in [-0.05, 0) is 48.8 Å². The number of primary amides is 1. The van der Waals surface area contributed by atoms with Crippen LogP contribution in [0.4, 0.5) is 24.7 Å². The normalized spacial score (nSPS) is 24.2. The van der Waals surface area contributed by atoms with Crippen molar-refractivity contribution >= 4 is 17.4 Å².